The van der Waals surface area contributed by atoms with Crippen molar-refractivity contribution < 1.29 is 14.3 Å². The zero-order chi connectivity index (χ0) is 13.5. The number of halogens is 1. The predicted octanol–water partition coefficient (Wildman–Crippen LogP) is 3.12. The minimum Gasteiger partial charge on any atom is -0.426 e. The Balaban J connectivity index is 3.05. The molecule has 1 aromatic rings. The lowest BCUT2D eigenvalue weighted by atomic mass is 10.1. The van der Waals surface area contributed by atoms with Crippen LogP contribution in [-0.2, 0) is 16.0 Å². The number of allylic oxidation sites excluding steroid dienone is 2. The Hall–Kier alpha value is -1.87. The van der Waals surface area contributed by atoms with Gasteiger partial charge in [-0.05, 0) is 47.4 Å². The van der Waals surface area contributed by atoms with E-state index in [2.05, 4.69) is 6.58 Å². The highest BCUT2D eigenvalue weighted by Crippen LogP contribution is 2.22. The van der Waals surface area contributed by atoms with Crippen LogP contribution < -0.4 is 4.74 Å². The third kappa shape index (κ3) is 4.55. The monoisotopic (exact) mass is 264 g/mol. The first-order chi connectivity index (χ1) is 8.52. The molecule has 0 aliphatic carbocycles. The highest BCUT2D eigenvalue weighted by Gasteiger charge is 2.05. The van der Waals surface area contributed by atoms with Gasteiger partial charge in [0.15, 0.2) is 0 Å². The standard InChI is InChI=1S/C14H13ClO3/c1-3-4-12-9-11(6-8-14(15)17)5-7-13(12)18-10(2)16/h3,5-9H,1,4H2,2H3/b8-6+. The molecule has 0 bridgehead atoms. The highest BCUT2D eigenvalue weighted by molar-refractivity contribution is 6.66. The van der Waals surface area contributed by atoms with Gasteiger partial charge in [-0.2, -0.15) is 0 Å². The lowest BCUT2D eigenvalue weighted by Gasteiger charge is -2.08. The molecular formula is C14H13ClO3. The van der Waals surface area contributed by atoms with Crippen LogP contribution in [0.3, 0.4) is 0 Å². The maximum atomic E-state index is 10.9. The lowest BCUT2D eigenvalue weighted by Crippen LogP contribution is -2.03. The van der Waals surface area contributed by atoms with E-state index in [1.807, 2.05) is 6.07 Å². The Labute approximate surface area is 111 Å². The quantitative estimate of drug-likeness (QED) is 0.270. The van der Waals surface area contributed by atoms with Gasteiger partial charge in [0, 0.05) is 6.92 Å². The SMILES string of the molecule is C=CCc1cc(/C=C/C(=O)Cl)ccc1OC(C)=O. The van der Waals surface area contributed by atoms with E-state index >= 15 is 0 Å². The average Bonchev–Trinajstić information content (AvgIpc) is 2.29. The summed E-state index contributed by atoms with van der Waals surface area (Å²) in [7, 11) is 0. The molecule has 0 aliphatic rings. The van der Waals surface area contributed by atoms with E-state index in [9.17, 15) is 9.59 Å². The van der Waals surface area contributed by atoms with Crippen LogP contribution in [0.15, 0.2) is 36.9 Å². The van der Waals surface area contributed by atoms with Crippen molar-refractivity contribution in [2.75, 3.05) is 0 Å². The third-order valence-corrected chi connectivity index (χ3v) is 2.24. The summed E-state index contributed by atoms with van der Waals surface area (Å²) < 4.78 is 5.07. The van der Waals surface area contributed by atoms with Gasteiger partial charge in [-0.25, -0.2) is 0 Å². The van der Waals surface area contributed by atoms with E-state index in [1.54, 1.807) is 24.3 Å². The molecule has 0 spiro atoms. The topological polar surface area (TPSA) is 43.4 Å². The van der Waals surface area contributed by atoms with Crippen LogP contribution in [0.25, 0.3) is 6.08 Å². The molecule has 0 aromatic heterocycles. The molecule has 0 N–H and O–H groups in total. The maximum absolute atomic E-state index is 10.9. The molecule has 4 heteroatoms. The van der Waals surface area contributed by atoms with Crippen LogP contribution in [0.4, 0.5) is 0 Å². The molecule has 94 valence electrons. The third-order valence-electron chi connectivity index (χ3n) is 2.11. The first-order valence-electron chi connectivity index (χ1n) is 5.32. The summed E-state index contributed by atoms with van der Waals surface area (Å²) in [5.74, 6) is 0.122. The van der Waals surface area contributed by atoms with Crippen LogP contribution >= 0.6 is 11.6 Å². The van der Waals surface area contributed by atoms with Crippen molar-refractivity contribution >= 4 is 28.9 Å². The van der Waals surface area contributed by atoms with E-state index < -0.39 is 5.24 Å². The van der Waals surface area contributed by atoms with Gasteiger partial charge < -0.3 is 4.74 Å². The summed E-state index contributed by atoms with van der Waals surface area (Å²) >= 11 is 5.22. The fraction of sp³-hybridized carbons (Fsp3) is 0.143. The summed E-state index contributed by atoms with van der Waals surface area (Å²) in [6, 6.07) is 5.23. The highest BCUT2D eigenvalue weighted by atomic mass is 35.5. The van der Waals surface area contributed by atoms with Gasteiger partial charge in [0.1, 0.15) is 5.75 Å². The van der Waals surface area contributed by atoms with Crippen molar-refractivity contribution in [2.24, 2.45) is 0 Å². The molecule has 0 unspecified atom stereocenters. The Kier molecular flexibility index (Phi) is 5.33. The van der Waals surface area contributed by atoms with Crippen molar-refractivity contribution in [1.29, 1.82) is 0 Å². The van der Waals surface area contributed by atoms with Gasteiger partial charge in [-0.15, -0.1) is 6.58 Å². The smallest absolute Gasteiger partial charge is 0.308 e. The second-order valence-corrected chi connectivity index (χ2v) is 3.96. The molecule has 0 fully saturated rings. The van der Waals surface area contributed by atoms with Crippen LogP contribution in [0.5, 0.6) is 5.75 Å². The van der Waals surface area contributed by atoms with E-state index in [4.69, 9.17) is 16.3 Å². The van der Waals surface area contributed by atoms with Gasteiger partial charge in [0.2, 0.25) is 5.24 Å². The second kappa shape index (κ2) is 6.77. The van der Waals surface area contributed by atoms with Gasteiger partial charge in [0.05, 0.1) is 0 Å². The molecule has 0 saturated heterocycles. The van der Waals surface area contributed by atoms with E-state index in [0.29, 0.717) is 12.2 Å². The first kappa shape index (κ1) is 14.2. The van der Waals surface area contributed by atoms with Gasteiger partial charge >= 0.3 is 5.97 Å². The van der Waals surface area contributed by atoms with Crippen LogP contribution in [0.1, 0.15) is 18.1 Å². The fourth-order valence-corrected chi connectivity index (χ4v) is 1.50. The average molecular weight is 265 g/mol. The minimum absolute atomic E-state index is 0.375. The molecule has 0 heterocycles. The number of esters is 1. The largest absolute Gasteiger partial charge is 0.426 e. The molecule has 0 atom stereocenters. The predicted molar refractivity (Wildman–Crippen MR) is 71.5 cm³/mol. The molecule has 0 amide bonds. The molecule has 0 radical (unpaired) electrons. The number of benzene rings is 1. The number of hydrogen-bond acceptors (Lipinski definition) is 3. The number of hydrogen-bond donors (Lipinski definition) is 0. The minimum atomic E-state index is -0.538. The first-order valence-corrected chi connectivity index (χ1v) is 5.70. The van der Waals surface area contributed by atoms with Gasteiger partial charge in [-0.1, -0.05) is 18.2 Å². The van der Waals surface area contributed by atoms with E-state index in [1.165, 1.54) is 13.0 Å². The van der Waals surface area contributed by atoms with Crippen LogP contribution in [-0.4, -0.2) is 11.2 Å². The Morgan fingerprint density at radius 1 is 1.44 bits per heavy atom. The molecular weight excluding hydrogens is 252 g/mol. The van der Waals surface area contributed by atoms with Crippen molar-refractivity contribution in [3.63, 3.8) is 0 Å². The summed E-state index contributed by atoms with van der Waals surface area (Å²) in [6.45, 7) is 4.99. The summed E-state index contributed by atoms with van der Waals surface area (Å²) in [5, 5.41) is -0.538. The normalized spacial score (nSPS) is 10.3. The Morgan fingerprint density at radius 2 is 2.17 bits per heavy atom. The van der Waals surface area contributed by atoms with Crippen molar-refractivity contribution in [3.8, 4) is 5.75 Å². The van der Waals surface area contributed by atoms with Gasteiger partial charge in [-0.3, -0.25) is 9.59 Å². The zero-order valence-electron chi connectivity index (χ0n) is 9.98. The van der Waals surface area contributed by atoms with Crippen LogP contribution in [0, 0.1) is 0 Å². The summed E-state index contributed by atoms with van der Waals surface area (Å²) in [5.41, 5.74) is 1.63. The number of rotatable bonds is 5. The maximum Gasteiger partial charge on any atom is 0.308 e. The molecule has 18 heavy (non-hydrogen) atoms. The Morgan fingerprint density at radius 3 is 2.72 bits per heavy atom. The molecule has 0 aliphatic heterocycles. The van der Waals surface area contributed by atoms with E-state index in [0.717, 1.165) is 11.1 Å². The summed E-state index contributed by atoms with van der Waals surface area (Å²) in [4.78, 5) is 21.6. The lowest BCUT2D eigenvalue weighted by molar-refractivity contribution is -0.131. The number of carbonyl (C=O) groups excluding carboxylic acids is 2. The summed E-state index contributed by atoms with van der Waals surface area (Å²) in [6.07, 6.45) is 5.14. The van der Waals surface area contributed by atoms with Crippen molar-refractivity contribution in [3.05, 3.63) is 48.1 Å². The zero-order valence-corrected chi connectivity index (χ0v) is 10.7. The fourth-order valence-electron chi connectivity index (χ4n) is 1.43. The van der Waals surface area contributed by atoms with Gasteiger partial charge in [0.25, 0.3) is 0 Å². The molecule has 3 nitrogen and oxygen atoms in total. The number of carbonyl (C=O) groups is 2. The van der Waals surface area contributed by atoms with E-state index in [-0.39, 0.29) is 5.97 Å². The molecule has 0 saturated carbocycles. The van der Waals surface area contributed by atoms with Crippen molar-refractivity contribution in [1.82, 2.24) is 0 Å². The van der Waals surface area contributed by atoms with Crippen LogP contribution in [0.2, 0.25) is 0 Å². The van der Waals surface area contributed by atoms with Crippen molar-refractivity contribution in [2.45, 2.75) is 13.3 Å². The molecule has 1 rings (SSSR count). The molecule has 1 aromatic carbocycles. The second-order valence-electron chi connectivity index (χ2n) is 3.59. The Bertz CT molecular complexity index is 504. The number of ether oxygens (including phenoxy) is 1.